The Morgan fingerprint density at radius 1 is 0.354 bits per heavy atom. The summed E-state index contributed by atoms with van der Waals surface area (Å²) in [5.74, 6) is 0.479. The predicted octanol–water partition coefficient (Wildman–Crippen LogP) is 16.4. The van der Waals surface area contributed by atoms with Crippen molar-refractivity contribution in [3.63, 3.8) is 0 Å². The molecule has 1 aliphatic carbocycles. The van der Waals surface area contributed by atoms with Crippen molar-refractivity contribution < 1.29 is 0 Å². The third-order valence-electron chi connectivity index (χ3n) is 13.2. The van der Waals surface area contributed by atoms with Crippen LogP contribution in [0.5, 0.6) is 0 Å². The zero-order valence-electron chi connectivity index (χ0n) is 36.1. The zero-order valence-corrected chi connectivity index (χ0v) is 36.1. The largest absolute Gasteiger partial charge is 0.311 e. The lowest BCUT2D eigenvalue weighted by atomic mass is 9.83. The number of para-hydroxylation sites is 6. The van der Waals surface area contributed by atoms with Gasteiger partial charge in [0.25, 0.3) is 0 Å². The van der Waals surface area contributed by atoms with Crippen molar-refractivity contribution >= 4 is 72.0 Å². The van der Waals surface area contributed by atoms with Gasteiger partial charge in [-0.25, -0.2) is 0 Å². The molecule has 2 heterocycles. The summed E-state index contributed by atoms with van der Waals surface area (Å²) in [7, 11) is 0. The van der Waals surface area contributed by atoms with E-state index in [1.54, 1.807) is 0 Å². The Kier molecular flexibility index (Phi) is 9.49. The molecule has 2 aromatic heterocycles. The van der Waals surface area contributed by atoms with Crippen LogP contribution in [0.3, 0.4) is 0 Å². The maximum Gasteiger partial charge on any atom is 0.0542 e. The first kappa shape index (κ1) is 38.3. The highest BCUT2D eigenvalue weighted by atomic mass is 15.2. The highest BCUT2D eigenvalue weighted by Gasteiger charge is 2.25. The number of fused-ring (bicyclic) bond motifs is 6. The van der Waals surface area contributed by atoms with Gasteiger partial charge in [-0.05, 0) is 127 Å². The maximum atomic E-state index is 2.44. The van der Waals surface area contributed by atoms with Gasteiger partial charge in [-0.15, -0.1) is 0 Å². The van der Waals surface area contributed by atoms with Gasteiger partial charge in [0.2, 0.25) is 0 Å². The summed E-state index contributed by atoms with van der Waals surface area (Å²) in [6.45, 7) is 2.35. The van der Waals surface area contributed by atoms with Gasteiger partial charge in [0.15, 0.2) is 0 Å². The molecule has 310 valence electrons. The van der Waals surface area contributed by atoms with Crippen molar-refractivity contribution in [3.05, 3.63) is 260 Å². The minimum Gasteiger partial charge on any atom is -0.311 e. The Morgan fingerprint density at radius 2 is 0.754 bits per heavy atom. The second kappa shape index (κ2) is 16.1. The van der Waals surface area contributed by atoms with Gasteiger partial charge >= 0.3 is 0 Å². The molecule has 0 spiro atoms. The number of benzene rings is 9. The zero-order chi connectivity index (χ0) is 43.3. The molecule has 11 aromatic rings. The summed E-state index contributed by atoms with van der Waals surface area (Å²) in [5.41, 5.74) is 15.2. The van der Waals surface area contributed by atoms with Crippen LogP contribution in [-0.4, -0.2) is 9.13 Å². The third kappa shape index (κ3) is 6.70. The molecule has 9 aromatic carbocycles. The highest BCUT2D eigenvalue weighted by Crippen LogP contribution is 2.43. The van der Waals surface area contributed by atoms with Crippen molar-refractivity contribution in [2.45, 2.75) is 12.8 Å². The van der Waals surface area contributed by atoms with Gasteiger partial charge in [0.05, 0.1) is 22.1 Å². The molecular formula is C61H46N4. The van der Waals surface area contributed by atoms with Crippen LogP contribution >= 0.6 is 0 Å². The van der Waals surface area contributed by atoms with Crippen LogP contribution in [0, 0.1) is 5.92 Å². The third-order valence-corrected chi connectivity index (χ3v) is 13.2. The predicted molar refractivity (Wildman–Crippen MR) is 274 cm³/mol. The number of hydrogen-bond donors (Lipinski definition) is 0. The van der Waals surface area contributed by atoms with E-state index in [9.17, 15) is 0 Å². The summed E-state index contributed by atoms with van der Waals surface area (Å²) in [5, 5.41) is 4.95. The molecule has 0 N–H and O–H groups in total. The van der Waals surface area contributed by atoms with Crippen LogP contribution in [0.1, 0.15) is 18.4 Å². The van der Waals surface area contributed by atoms with Crippen molar-refractivity contribution in [2.75, 3.05) is 9.80 Å². The smallest absolute Gasteiger partial charge is 0.0542 e. The molecule has 2 atom stereocenters. The molecule has 1 aliphatic rings. The fourth-order valence-electron chi connectivity index (χ4n) is 10.2. The Labute approximate surface area is 379 Å². The minimum absolute atomic E-state index is 0.224. The first-order chi connectivity index (χ1) is 32.2. The van der Waals surface area contributed by atoms with Crippen LogP contribution in [-0.2, 0) is 0 Å². The molecule has 0 radical (unpaired) electrons. The lowest BCUT2D eigenvalue weighted by Gasteiger charge is -2.32. The molecule has 0 fully saturated rings. The van der Waals surface area contributed by atoms with Crippen LogP contribution in [0.4, 0.5) is 28.4 Å². The Morgan fingerprint density at radius 3 is 1.26 bits per heavy atom. The summed E-state index contributed by atoms with van der Waals surface area (Å²) < 4.78 is 4.75. The van der Waals surface area contributed by atoms with Gasteiger partial charge in [0.1, 0.15) is 0 Å². The maximum absolute atomic E-state index is 2.44. The second-order valence-corrected chi connectivity index (χ2v) is 17.0. The quantitative estimate of drug-likeness (QED) is 0.144. The molecule has 0 aliphatic heterocycles. The molecule has 0 saturated carbocycles. The average molecular weight is 835 g/mol. The topological polar surface area (TPSA) is 16.3 Å². The van der Waals surface area contributed by atoms with Gasteiger partial charge < -0.3 is 18.9 Å². The Balaban J connectivity index is 0.886. The molecular weight excluding hydrogens is 789 g/mol. The van der Waals surface area contributed by atoms with E-state index < -0.39 is 0 Å². The van der Waals surface area contributed by atoms with Crippen molar-refractivity contribution in [1.82, 2.24) is 9.13 Å². The SMILES string of the molecule is CC1C=C(N(c2ccccc2)c2ccc3c(c2)c2ccccc2n3-c2ccccc2)C=CC1c1ccc(N(c2ccccc2)c2ccc3c(c2)c2ccccc2n3-c2ccccc2)cc1. The van der Waals surface area contributed by atoms with Crippen LogP contribution in [0.2, 0.25) is 0 Å². The van der Waals surface area contributed by atoms with E-state index >= 15 is 0 Å². The summed E-state index contributed by atoms with van der Waals surface area (Å²) in [6, 6.07) is 83.3. The normalized spacial score (nSPS) is 14.9. The number of hydrogen-bond acceptors (Lipinski definition) is 2. The lowest BCUT2D eigenvalue weighted by molar-refractivity contribution is 0.628. The number of aromatic nitrogens is 2. The van der Waals surface area contributed by atoms with E-state index in [1.807, 2.05) is 0 Å². The first-order valence-electron chi connectivity index (χ1n) is 22.6. The Hall–Kier alpha value is -8.34. The van der Waals surface area contributed by atoms with Crippen molar-refractivity contribution in [3.8, 4) is 11.4 Å². The van der Waals surface area contributed by atoms with Gasteiger partial charge in [-0.1, -0.05) is 140 Å². The monoisotopic (exact) mass is 834 g/mol. The first-order valence-corrected chi connectivity index (χ1v) is 22.6. The molecule has 4 nitrogen and oxygen atoms in total. The summed E-state index contributed by atoms with van der Waals surface area (Å²) in [4.78, 5) is 4.79. The van der Waals surface area contributed by atoms with Gasteiger partial charge in [-0.3, -0.25) is 0 Å². The molecule has 4 heteroatoms. The lowest BCUT2D eigenvalue weighted by Crippen LogP contribution is -2.20. The fourth-order valence-corrected chi connectivity index (χ4v) is 10.2. The number of allylic oxidation sites excluding steroid dienone is 3. The standard InChI is InChI=1S/C61H46N4/c1-43-40-50(63(46-20-8-3-9-21-46)52-36-39-61-57(42-52)55-27-15-17-29-59(55)65(61)48-24-12-5-13-25-48)34-37-53(43)44-30-32-49(33-31-44)62(45-18-6-2-7-19-45)51-35-38-60-56(41-51)54-26-14-16-28-58(54)64(60)47-22-10-4-11-23-47/h2-43,53H,1H3. The molecule has 2 unspecified atom stereocenters. The highest BCUT2D eigenvalue weighted by molar-refractivity contribution is 6.11. The summed E-state index contributed by atoms with van der Waals surface area (Å²) >= 11 is 0. The average Bonchev–Trinajstić information content (AvgIpc) is 3.88. The van der Waals surface area contributed by atoms with E-state index in [4.69, 9.17) is 0 Å². The molecule has 65 heavy (non-hydrogen) atoms. The van der Waals surface area contributed by atoms with Crippen molar-refractivity contribution in [1.29, 1.82) is 0 Å². The van der Waals surface area contributed by atoms with Crippen LogP contribution in [0.25, 0.3) is 55.0 Å². The second-order valence-electron chi connectivity index (χ2n) is 17.0. The number of nitrogens with zero attached hydrogens (tertiary/aromatic N) is 4. The summed E-state index contributed by atoms with van der Waals surface area (Å²) in [6.07, 6.45) is 7.16. The van der Waals surface area contributed by atoms with E-state index in [0.29, 0.717) is 0 Å². The van der Waals surface area contributed by atoms with Crippen LogP contribution < -0.4 is 9.80 Å². The minimum atomic E-state index is 0.224. The number of anilines is 5. The molecule has 0 saturated heterocycles. The van der Waals surface area contributed by atoms with E-state index in [1.165, 1.54) is 54.9 Å². The fraction of sp³-hybridized carbons (Fsp3) is 0.0492. The van der Waals surface area contributed by atoms with E-state index in [0.717, 1.165) is 39.8 Å². The molecule has 0 amide bonds. The van der Waals surface area contributed by atoms with Crippen LogP contribution in [0.15, 0.2) is 254 Å². The molecule has 0 bridgehead atoms. The Bertz CT molecular complexity index is 3550. The van der Waals surface area contributed by atoms with E-state index in [-0.39, 0.29) is 11.8 Å². The van der Waals surface area contributed by atoms with E-state index in [2.05, 4.69) is 275 Å². The number of rotatable bonds is 9. The van der Waals surface area contributed by atoms with Gasteiger partial charge in [-0.2, -0.15) is 0 Å². The molecule has 12 rings (SSSR count). The van der Waals surface area contributed by atoms with Crippen molar-refractivity contribution in [2.24, 2.45) is 5.92 Å². The van der Waals surface area contributed by atoms with Gasteiger partial charge in [0, 0.05) is 73.0 Å².